The second kappa shape index (κ2) is 30.0. The lowest BCUT2D eigenvalue weighted by Crippen LogP contribution is -2.21. The highest BCUT2D eigenvalue weighted by Gasteiger charge is 1.96. The van der Waals surface area contributed by atoms with Crippen molar-refractivity contribution >= 4 is 6.09 Å². The Labute approximate surface area is 205 Å². The van der Waals surface area contributed by atoms with Crippen LogP contribution in [0.3, 0.4) is 0 Å². The monoisotopic (exact) mass is 495 g/mol. The van der Waals surface area contributed by atoms with Gasteiger partial charge in [-0.25, -0.2) is 4.79 Å². The molecule has 0 fully saturated rings. The van der Waals surface area contributed by atoms with Gasteiger partial charge in [0, 0.05) is 13.2 Å². The van der Waals surface area contributed by atoms with Crippen molar-refractivity contribution in [3.63, 3.8) is 0 Å². The number of nitrogens with one attached hydrogen (secondary N) is 1. The topological polar surface area (TPSA) is 125 Å². The molecule has 1 amide bonds. The molecule has 0 saturated carbocycles. The van der Waals surface area contributed by atoms with Gasteiger partial charge in [-0.15, -0.1) is 0 Å². The standard InChI is InChI=1S/C24H49NO9/c26-11-13-30-15-17-32-19-21-34-23-22-33-20-18-31-16-14-29-12-9-7-5-3-1-2-4-6-8-10-25-24(27)28/h25-26H,1-23H2,(H,27,28). The molecule has 204 valence electrons. The minimum absolute atomic E-state index is 0.0325. The van der Waals surface area contributed by atoms with E-state index in [2.05, 4.69) is 5.32 Å². The van der Waals surface area contributed by atoms with Gasteiger partial charge in [0.15, 0.2) is 0 Å². The zero-order valence-corrected chi connectivity index (χ0v) is 21.0. The average Bonchev–Trinajstić information content (AvgIpc) is 2.83. The molecular weight excluding hydrogens is 446 g/mol. The maximum Gasteiger partial charge on any atom is 0.404 e. The second-order valence-electron chi connectivity index (χ2n) is 7.81. The lowest BCUT2D eigenvalue weighted by molar-refractivity contribution is -0.0182. The first kappa shape index (κ1) is 33.0. The minimum Gasteiger partial charge on any atom is -0.465 e. The highest BCUT2D eigenvalue weighted by atomic mass is 16.6. The van der Waals surface area contributed by atoms with Crippen LogP contribution in [0.1, 0.15) is 57.8 Å². The van der Waals surface area contributed by atoms with E-state index in [-0.39, 0.29) is 6.61 Å². The highest BCUT2D eigenvalue weighted by Crippen LogP contribution is 2.09. The summed E-state index contributed by atoms with van der Waals surface area (Å²) in [6.07, 6.45) is 9.56. The van der Waals surface area contributed by atoms with Gasteiger partial charge in [0.2, 0.25) is 0 Å². The molecule has 0 aliphatic heterocycles. The van der Waals surface area contributed by atoms with Gasteiger partial charge in [-0.05, 0) is 12.8 Å². The van der Waals surface area contributed by atoms with Crippen molar-refractivity contribution in [3.8, 4) is 0 Å². The molecule has 0 aromatic heterocycles. The van der Waals surface area contributed by atoms with Crippen molar-refractivity contribution in [3.05, 3.63) is 0 Å². The Balaban J connectivity index is 3.01. The second-order valence-corrected chi connectivity index (χ2v) is 7.81. The van der Waals surface area contributed by atoms with Crippen molar-refractivity contribution in [2.24, 2.45) is 0 Å². The Kier molecular flexibility index (Phi) is 29.1. The SMILES string of the molecule is O=C(O)NCCCCCCCCCCCOCCOCCOCCOCCOCCOCCO. The van der Waals surface area contributed by atoms with Crippen molar-refractivity contribution in [1.29, 1.82) is 0 Å². The number of unbranched alkanes of at least 4 members (excludes halogenated alkanes) is 8. The smallest absolute Gasteiger partial charge is 0.404 e. The number of hydrogen-bond acceptors (Lipinski definition) is 8. The first-order chi connectivity index (χ1) is 16.8. The fourth-order valence-corrected chi connectivity index (χ4v) is 3.03. The summed E-state index contributed by atoms with van der Waals surface area (Å²) in [5, 5.41) is 19.4. The number of rotatable bonds is 29. The Morgan fingerprint density at radius 1 is 0.471 bits per heavy atom. The minimum atomic E-state index is -0.933. The van der Waals surface area contributed by atoms with Crippen LogP contribution in [0.25, 0.3) is 0 Å². The molecule has 0 aliphatic carbocycles. The number of amides is 1. The van der Waals surface area contributed by atoms with Gasteiger partial charge >= 0.3 is 6.09 Å². The number of aliphatic hydroxyl groups is 1. The normalized spacial score (nSPS) is 11.2. The van der Waals surface area contributed by atoms with E-state index >= 15 is 0 Å². The Morgan fingerprint density at radius 2 is 0.794 bits per heavy atom. The molecule has 34 heavy (non-hydrogen) atoms. The van der Waals surface area contributed by atoms with Crippen LogP contribution in [-0.2, 0) is 28.4 Å². The van der Waals surface area contributed by atoms with E-state index in [9.17, 15) is 4.79 Å². The van der Waals surface area contributed by atoms with Gasteiger partial charge < -0.3 is 44.0 Å². The highest BCUT2D eigenvalue weighted by molar-refractivity contribution is 5.64. The quantitative estimate of drug-likeness (QED) is 0.134. The van der Waals surface area contributed by atoms with Crippen LogP contribution >= 0.6 is 0 Å². The fraction of sp³-hybridized carbons (Fsp3) is 0.958. The van der Waals surface area contributed by atoms with E-state index in [1.807, 2.05) is 0 Å². The predicted octanol–water partition coefficient (Wildman–Crippen LogP) is 2.86. The molecule has 0 aromatic rings. The number of hydrogen-bond donors (Lipinski definition) is 3. The molecule has 0 aliphatic rings. The lowest BCUT2D eigenvalue weighted by Gasteiger charge is -2.08. The van der Waals surface area contributed by atoms with Crippen LogP contribution in [-0.4, -0.2) is 109 Å². The summed E-state index contributed by atoms with van der Waals surface area (Å²) in [5.74, 6) is 0. The third-order valence-electron chi connectivity index (χ3n) is 4.84. The third kappa shape index (κ3) is 31.0. The molecule has 0 saturated heterocycles. The van der Waals surface area contributed by atoms with E-state index in [0.29, 0.717) is 79.2 Å². The molecule has 0 radical (unpaired) electrons. The van der Waals surface area contributed by atoms with Gasteiger partial charge in [0.25, 0.3) is 0 Å². The summed E-state index contributed by atoms with van der Waals surface area (Å²) < 4.78 is 32.3. The first-order valence-electron chi connectivity index (χ1n) is 12.8. The summed E-state index contributed by atoms with van der Waals surface area (Å²) in [6, 6.07) is 0. The molecule has 0 spiro atoms. The maximum atomic E-state index is 10.3. The molecule has 10 nitrogen and oxygen atoms in total. The summed E-state index contributed by atoms with van der Waals surface area (Å²) in [6.45, 7) is 7.10. The van der Waals surface area contributed by atoms with E-state index in [1.54, 1.807) is 0 Å². The Hall–Kier alpha value is -1.01. The number of ether oxygens (including phenoxy) is 6. The zero-order valence-electron chi connectivity index (χ0n) is 21.0. The summed E-state index contributed by atoms with van der Waals surface area (Å²) in [5.41, 5.74) is 0. The van der Waals surface area contributed by atoms with Crippen LogP contribution in [0.4, 0.5) is 4.79 Å². The molecule has 0 aromatic carbocycles. The Bertz CT molecular complexity index is 403. The van der Waals surface area contributed by atoms with Crippen molar-refractivity contribution in [1.82, 2.24) is 5.32 Å². The van der Waals surface area contributed by atoms with Crippen LogP contribution in [0.2, 0.25) is 0 Å². The summed E-state index contributed by atoms with van der Waals surface area (Å²) in [4.78, 5) is 10.3. The van der Waals surface area contributed by atoms with Crippen molar-refractivity contribution < 1.29 is 43.4 Å². The van der Waals surface area contributed by atoms with Gasteiger partial charge in [-0.3, -0.25) is 0 Å². The van der Waals surface area contributed by atoms with Crippen LogP contribution in [0.15, 0.2) is 0 Å². The predicted molar refractivity (Wildman–Crippen MR) is 130 cm³/mol. The van der Waals surface area contributed by atoms with Crippen LogP contribution in [0, 0.1) is 0 Å². The van der Waals surface area contributed by atoms with E-state index in [0.717, 1.165) is 25.9 Å². The van der Waals surface area contributed by atoms with E-state index in [4.69, 9.17) is 38.6 Å². The maximum absolute atomic E-state index is 10.3. The lowest BCUT2D eigenvalue weighted by atomic mass is 10.1. The molecule has 0 rings (SSSR count). The third-order valence-corrected chi connectivity index (χ3v) is 4.84. The van der Waals surface area contributed by atoms with Gasteiger partial charge in [0.1, 0.15) is 0 Å². The van der Waals surface area contributed by atoms with Gasteiger partial charge in [-0.2, -0.15) is 0 Å². The molecule has 0 bridgehead atoms. The fourth-order valence-electron chi connectivity index (χ4n) is 3.03. The zero-order chi connectivity index (χ0) is 24.8. The van der Waals surface area contributed by atoms with Gasteiger partial charge in [-0.1, -0.05) is 44.9 Å². The van der Waals surface area contributed by atoms with Crippen LogP contribution < -0.4 is 5.32 Å². The number of aliphatic hydroxyl groups excluding tert-OH is 1. The molecule has 0 heterocycles. The number of carbonyl (C=O) groups is 1. The number of carboxylic acid groups (broad SMARTS) is 1. The Morgan fingerprint density at radius 3 is 1.18 bits per heavy atom. The van der Waals surface area contributed by atoms with Gasteiger partial charge in [0.05, 0.1) is 79.3 Å². The largest absolute Gasteiger partial charge is 0.465 e. The molecule has 0 atom stereocenters. The molecule has 3 N–H and O–H groups in total. The molecule has 10 heteroatoms. The molecule has 0 unspecified atom stereocenters. The van der Waals surface area contributed by atoms with Crippen molar-refractivity contribution in [2.75, 3.05) is 92.4 Å². The average molecular weight is 496 g/mol. The summed E-state index contributed by atoms with van der Waals surface area (Å²) in [7, 11) is 0. The van der Waals surface area contributed by atoms with E-state index < -0.39 is 6.09 Å². The van der Waals surface area contributed by atoms with Crippen molar-refractivity contribution in [2.45, 2.75) is 57.8 Å². The first-order valence-corrected chi connectivity index (χ1v) is 12.8. The summed E-state index contributed by atoms with van der Waals surface area (Å²) >= 11 is 0. The van der Waals surface area contributed by atoms with E-state index in [1.165, 1.54) is 38.5 Å². The molecular formula is C24H49NO9. The van der Waals surface area contributed by atoms with Crippen LogP contribution in [0.5, 0.6) is 0 Å².